The first-order valence-electron chi connectivity index (χ1n) is 11.2. The second-order valence-electron chi connectivity index (χ2n) is 8.11. The molecule has 2 amide bonds. The predicted molar refractivity (Wildman–Crippen MR) is 117 cm³/mol. The van der Waals surface area contributed by atoms with Crippen LogP contribution in [0.1, 0.15) is 45.1 Å². The SMILES string of the molecule is CCN(CC)C(=O)C(C1CCCC1)N1CCN(C(=O)/C=C/c2ccccc2)CC1. The average molecular weight is 398 g/mol. The number of hydrogen-bond donors (Lipinski definition) is 0. The van der Waals surface area contributed by atoms with Crippen molar-refractivity contribution in [1.82, 2.24) is 14.7 Å². The number of carbonyl (C=O) groups is 2. The standard InChI is InChI=1S/C24H35N3O2/c1-3-25(4-2)24(29)23(21-12-8-9-13-21)27-18-16-26(17-19-27)22(28)15-14-20-10-6-5-7-11-20/h5-7,10-11,14-15,21,23H,3-4,8-9,12-13,16-19H2,1-2H3/b15-14+. The molecule has 5 heteroatoms. The number of benzene rings is 1. The second-order valence-corrected chi connectivity index (χ2v) is 8.11. The normalized spacial score (nSPS) is 19.6. The van der Waals surface area contributed by atoms with Gasteiger partial charge in [-0.1, -0.05) is 43.2 Å². The zero-order valence-electron chi connectivity index (χ0n) is 17.9. The summed E-state index contributed by atoms with van der Waals surface area (Å²) in [7, 11) is 0. The molecule has 3 rings (SSSR count). The Morgan fingerprint density at radius 3 is 2.24 bits per heavy atom. The van der Waals surface area contributed by atoms with Crippen LogP contribution >= 0.6 is 0 Å². The Balaban J connectivity index is 1.61. The van der Waals surface area contributed by atoms with Gasteiger partial charge in [-0.3, -0.25) is 14.5 Å². The van der Waals surface area contributed by atoms with Gasteiger partial charge in [0.2, 0.25) is 11.8 Å². The molecule has 5 nitrogen and oxygen atoms in total. The maximum absolute atomic E-state index is 13.3. The van der Waals surface area contributed by atoms with Crippen LogP contribution in [0.2, 0.25) is 0 Å². The fraction of sp³-hybridized carbons (Fsp3) is 0.583. The molecule has 2 fully saturated rings. The average Bonchev–Trinajstić information content (AvgIpc) is 3.28. The quantitative estimate of drug-likeness (QED) is 0.663. The molecule has 0 aromatic heterocycles. The van der Waals surface area contributed by atoms with Crippen molar-refractivity contribution in [2.45, 2.75) is 45.6 Å². The summed E-state index contributed by atoms with van der Waals surface area (Å²) in [6, 6.07) is 9.88. The van der Waals surface area contributed by atoms with Gasteiger partial charge in [0.15, 0.2) is 0 Å². The molecule has 29 heavy (non-hydrogen) atoms. The molecule has 158 valence electrons. The lowest BCUT2D eigenvalue weighted by molar-refractivity contribution is -0.140. The summed E-state index contributed by atoms with van der Waals surface area (Å²) in [6.45, 7) is 8.58. The molecule has 0 radical (unpaired) electrons. The van der Waals surface area contributed by atoms with Crippen LogP contribution in [0.25, 0.3) is 6.08 Å². The molecule has 1 atom stereocenters. The molecular weight excluding hydrogens is 362 g/mol. The molecule has 2 aliphatic rings. The fourth-order valence-corrected chi connectivity index (χ4v) is 4.71. The molecule has 1 saturated heterocycles. The summed E-state index contributed by atoms with van der Waals surface area (Å²) < 4.78 is 0. The lowest BCUT2D eigenvalue weighted by Crippen LogP contribution is -2.58. The van der Waals surface area contributed by atoms with Gasteiger partial charge in [-0.25, -0.2) is 0 Å². The maximum Gasteiger partial charge on any atom is 0.246 e. The largest absolute Gasteiger partial charge is 0.342 e. The lowest BCUT2D eigenvalue weighted by atomic mass is 9.94. The first-order chi connectivity index (χ1) is 14.1. The summed E-state index contributed by atoms with van der Waals surface area (Å²) in [5.74, 6) is 0.801. The number of hydrogen-bond acceptors (Lipinski definition) is 3. The summed E-state index contributed by atoms with van der Waals surface area (Å²) in [5.41, 5.74) is 1.03. The van der Waals surface area contributed by atoms with Crippen molar-refractivity contribution in [2.24, 2.45) is 5.92 Å². The smallest absolute Gasteiger partial charge is 0.246 e. The Labute approximate surface area is 175 Å². The van der Waals surface area contributed by atoms with E-state index in [1.165, 1.54) is 12.8 Å². The minimum atomic E-state index is -0.0190. The zero-order chi connectivity index (χ0) is 20.6. The van der Waals surface area contributed by atoms with Crippen molar-refractivity contribution in [2.75, 3.05) is 39.3 Å². The van der Waals surface area contributed by atoms with Crippen LogP contribution in [0.4, 0.5) is 0 Å². The number of amides is 2. The zero-order valence-corrected chi connectivity index (χ0v) is 17.9. The van der Waals surface area contributed by atoms with E-state index >= 15 is 0 Å². The van der Waals surface area contributed by atoms with Gasteiger partial charge in [0.1, 0.15) is 0 Å². The number of piperazine rings is 1. The fourth-order valence-electron chi connectivity index (χ4n) is 4.71. The predicted octanol–water partition coefficient (Wildman–Crippen LogP) is 3.27. The van der Waals surface area contributed by atoms with Gasteiger partial charge in [0, 0.05) is 45.3 Å². The summed E-state index contributed by atoms with van der Waals surface area (Å²) >= 11 is 0. The van der Waals surface area contributed by atoms with Crippen LogP contribution in [0.3, 0.4) is 0 Å². The highest BCUT2D eigenvalue weighted by Crippen LogP contribution is 2.32. The van der Waals surface area contributed by atoms with E-state index in [-0.39, 0.29) is 17.9 Å². The minimum absolute atomic E-state index is 0.0190. The van der Waals surface area contributed by atoms with E-state index < -0.39 is 0 Å². The topological polar surface area (TPSA) is 43.9 Å². The van der Waals surface area contributed by atoms with Crippen LogP contribution in [-0.4, -0.2) is 71.8 Å². The van der Waals surface area contributed by atoms with Gasteiger partial charge in [-0.15, -0.1) is 0 Å². The minimum Gasteiger partial charge on any atom is -0.342 e. The molecule has 1 saturated carbocycles. The molecule has 1 heterocycles. The number of carbonyl (C=O) groups excluding carboxylic acids is 2. The van der Waals surface area contributed by atoms with Crippen molar-refractivity contribution in [3.8, 4) is 0 Å². The van der Waals surface area contributed by atoms with E-state index in [0.29, 0.717) is 19.0 Å². The van der Waals surface area contributed by atoms with Crippen LogP contribution in [-0.2, 0) is 9.59 Å². The van der Waals surface area contributed by atoms with Crippen molar-refractivity contribution >= 4 is 17.9 Å². The third-order valence-electron chi connectivity index (χ3n) is 6.41. The van der Waals surface area contributed by atoms with Gasteiger partial charge in [-0.05, 0) is 44.2 Å². The summed E-state index contributed by atoms with van der Waals surface area (Å²) in [5, 5.41) is 0. The van der Waals surface area contributed by atoms with E-state index in [9.17, 15) is 9.59 Å². The van der Waals surface area contributed by atoms with E-state index in [1.54, 1.807) is 6.08 Å². The molecule has 1 unspecified atom stereocenters. The van der Waals surface area contributed by atoms with Crippen LogP contribution in [0.5, 0.6) is 0 Å². The lowest BCUT2D eigenvalue weighted by Gasteiger charge is -2.42. The molecule has 1 aliphatic carbocycles. The molecular formula is C24H35N3O2. The van der Waals surface area contributed by atoms with Crippen molar-refractivity contribution in [3.05, 3.63) is 42.0 Å². The first-order valence-corrected chi connectivity index (χ1v) is 11.2. The highest BCUT2D eigenvalue weighted by molar-refractivity contribution is 5.91. The van der Waals surface area contributed by atoms with Gasteiger partial charge in [0.25, 0.3) is 0 Å². The third-order valence-corrected chi connectivity index (χ3v) is 6.41. The maximum atomic E-state index is 13.3. The van der Waals surface area contributed by atoms with E-state index in [0.717, 1.165) is 44.6 Å². The van der Waals surface area contributed by atoms with Gasteiger partial charge >= 0.3 is 0 Å². The highest BCUT2D eigenvalue weighted by Gasteiger charge is 2.38. The summed E-state index contributed by atoms with van der Waals surface area (Å²) in [6.07, 6.45) is 8.30. The van der Waals surface area contributed by atoms with E-state index in [4.69, 9.17) is 0 Å². The molecule has 1 aromatic carbocycles. The van der Waals surface area contributed by atoms with E-state index in [2.05, 4.69) is 18.7 Å². The molecule has 0 spiro atoms. The van der Waals surface area contributed by atoms with Crippen molar-refractivity contribution in [1.29, 1.82) is 0 Å². The van der Waals surface area contributed by atoms with Crippen LogP contribution in [0.15, 0.2) is 36.4 Å². The van der Waals surface area contributed by atoms with Crippen LogP contribution < -0.4 is 0 Å². The number of likely N-dealkylation sites (N-methyl/N-ethyl adjacent to an activating group) is 1. The molecule has 1 aliphatic heterocycles. The third kappa shape index (κ3) is 5.47. The molecule has 1 aromatic rings. The van der Waals surface area contributed by atoms with Gasteiger partial charge < -0.3 is 9.80 Å². The van der Waals surface area contributed by atoms with Gasteiger partial charge in [0.05, 0.1) is 6.04 Å². The Morgan fingerprint density at radius 1 is 1.03 bits per heavy atom. The highest BCUT2D eigenvalue weighted by atomic mass is 16.2. The number of nitrogens with zero attached hydrogens (tertiary/aromatic N) is 3. The van der Waals surface area contributed by atoms with Crippen LogP contribution in [0, 0.1) is 5.92 Å². The number of rotatable bonds is 7. The van der Waals surface area contributed by atoms with Crippen molar-refractivity contribution < 1.29 is 9.59 Å². The Hall–Kier alpha value is -2.14. The first kappa shape index (κ1) is 21.6. The van der Waals surface area contributed by atoms with Gasteiger partial charge in [-0.2, -0.15) is 0 Å². The van der Waals surface area contributed by atoms with E-state index in [1.807, 2.05) is 46.2 Å². The molecule has 0 bridgehead atoms. The Bertz CT molecular complexity index is 685. The molecule has 0 N–H and O–H groups in total. The Kier molecular flexibility index (Phi) is 7.87. The second kappa shape index (κ2) is 10.6. The van der Waals surface area contributed by atoms with Crippen molar-refractivity contribution in [3.63, 3.8) is 0 Å². The summed E-state index contributed by atoms with van der Waals surface area (Å²) in [4.78, 5) is 32.1. The monoisotopic (exact) mass is 397 g/mol. The Morgan fingerprint density at radius 2 is 1.66 bits per heavy atom.